The second-order valence-electron chi connectivity index (χ2n) is 3.93. The molecule has 0 aromatic heterocycles. The van der Waals surface area contributed by atoms with Crippen LogP contribution in [0, 0.1) is 0 Å². The molecule has 0 unspecified atom stereocenters. The number of hydrogen-bond acceptors (Lipinski definition) is 5. The van der Waals surface area contributed by atoms with Crippen molar-refractivity contribution in [3.63, 3.8) is 0 Å². The molecule has 106 valence electrons. The number of sulfone groups is 1. The SMILES string of the molecule is C[C@H](NS(=O)(=O)c1cccc(S(C)(=O)=O)c1)C(=O)O. The molecule has 1 rings (SSSR count). The van der Waals surface area contributed by atoms with Gasteiger partial charge in [0.1, 0.15) is 6.04 Å². The highest BCUT2D eigenvalue weighted by Crippen LogP contribution is 2.15. The summed E-state index contributed by atoms with van der Waals surface area (Å²) in [7, 11) is -7.62. The first-order valence-electron chi connectivity index (χ1n) is 5.09. The first kappa shape index (κ1) is 15.6. The third kappa shape index (κ3) is 4.01. The fraction of sp³-hybridized carbons (Fsp3) is 0.300. The summed E-state index contributed by atoms with van der Waals surface area (Å²) < 4.78 is 48.3. The Morgan fingerprint density at radius 1 is 1.21 bits per heavy atom. The van der Waals surface area contributed by atoms with E-state index in [1.807, 2.05) is 4.72 Å². The molecule has 1 atom stereocenters. The highest BCUT2D eigenvalue weighted by Gasteiger charge is 2.22. The molecule has 0 saturated heterocycles. The van der Waals surface area contributed by atoms with Crippen LogP contribution in [0.1, 0.15) is 6.92 Å². The Balaban J connectivity index is 3.20. The van der Waals surface area contributed by atoms with E-state index in [2.05, 4.69) is 0 Å². The van der Waals surface area contributed by atoms with E-state index < -0.39 is 31.9 Å². The summed E-state index contributed by atoms with van der Waals surface area (Å²) in [4.78, 5) is 10.2. The van der Waals surface area contributed by atoms with E-state index in [0.29, 0.717) is 0 Å². The van der Waals surface area contributed by atoms with Crippen LogP contribution in [0.3, 0.4) is 0 Å². The minimum Gasteiger partial charge on any atom is -0.480 e. The van der Waals surface area contributed by atoms with E-state index in [0.717, 1.165) is 12.3 Å². The number of sulfonamides is 1. The standard InChI is InChI=1S/C10H13NO6S2/c1-7(10(12)13)11-19(16,17)9-5-3-4-8(6-9)18(2,14)15/h3-7,11H,1-2H3,(H,12,13)/t7-/m0/s1. The lowest BCUT2D eigenvalue weighted by Crippen LogP contribution is -2.38. The molecule has 0 aliphatic heterocycles. The minimum atomic E-state index is -4.08. The zero-order chi connectivity index (χ0) is 14.8. The predicted molar refractivity (Wildman–Crippen MR) is 67.0 cm³/mol. The second-order valence-corrected chi connectivity index (χ2v) is 7.66. The molecule has 0 spiro atoms. The molecule has 1 aromatic rings. The van der Waals surface area contributed by atoms with Crippen molar-refractivity contribution in [2.24, 2.45) is 0 Å². The van der Waals surface area contributed by atoms with Crippen LogP contribution in [0.2, 0.25) is 0 Å². The lowest BCUT2D eigenvalue weighted by molar-refractivity contribution is -0.138. The van der Waals surface area contributed by atoms with Gasteiger partial charge in [-0.2, -0.15) is 4.72 Å². The molecule has 0 saturated carbocycles. The average Bonchev–Trinajstić information content (AvgIpc) is 2.27. The third-order valence-electron chi connectivity index (χ3n) is 2.25. The zero-order valence-corrected chi connectivity index (χ0v) is 11.8. The van der Waals surface area contributed by atoms with Gasteiger partial charge in [0, 0.05) is 6.26 Å². The highest BCUT2D eigenvalue weighted by atomic mass is 32.2. The van der Waals surface area contributed by atoms with Crippen LogP contribution >= 0.6 is 0 Å². The van der Waals surface area contributed by atoms with E-state index >= 15 is 0 Å². The molecule has 0 heterocycles. The Labute approximate surface area is 111 Å². The van der Waals surface area contributed by atoms with Crippen molar-refractivity contribution in [3.05, 3.63) is 24.3 Å². The van der Waals surface area contributed by atoms with Gasteiger partial charge in [-0.05, 0) is 25.1 Å². The van der Waals surface area contributed by atoms with Gasteiger partial charge in [0.05, 0.1) is 9.79 Å². The lowest BCUT2D eigenvalue weighted by Gasteiger charge is -2.10. The number of nitrogens with one attached hydrogen (secondary N) is 1. The van der Waals surface area contributed by atoms with Crippen LogP contribution in [-0.4, -0.2) is 40.2 Å². The van der Waals surface area contributed by atoms with E-state index in [1.165, 1.54) is 25.1 Å². The molecule has 1 aromatic carbocycles. The van der Waals surface area contributed by atoms with Gasteiger partial charge >= 0.3 is 5.97 Å². The predicted octanol–water partition coefficient (Wildman–Crippen LogP) is -0.158. The topological polar surface area (TPSA) is 118 Å². The Morgan fingerprint density at radius 2 is 1.74 bits per heavy atom. The maximum absolute atomic E-state index is 11.9. The third-order valence-corrected chi connectivity index (χ3v) is 4.89. The van der Waals surface area contributed by atoms with Gasteiger partial charge in [0.2, 0.25) is 10.0 Å². The summed E-state index contributed by atoms with van der Waals surface area (Å²) in [6.07, 6.45) is 0.950. The molecule has 19 heavy (non-hydrogen) atoms. The Hall–Kier alpha value is -1.45. The average molecular weight is 307 g/mol. The van der Waals surface area contributed by atoms with Crippen molar-refractivity contribution in [2.45, 2.75) is 22.8 Å². The van der Waals surface area contributed by atoms with E-state index in [4.69, 9.17) is 5.11 Å². The van der Waals surface area contributed by atoms with Gasteiger partial charge in [0.25, 0.3) is 0 Å². The summed E-state index contributed by atoms with van der Waals surface area (Å²) in [6, 6.07) is 3.38. The van der Waals surface area contributed by atoms with Crippen molar-refractivity contribution in [2.75, 3.05) is 6.26 Å². The quantitative estimate of drug-likeness (QED) is 0.780. The van der Waals surface area contributed by atoms with Crippen molar-refractivity contribution in [3.8, 4) is 0 Å². The second kappa shape index (κ2) is 5.27. The van der Waals surface area contributed by atoms with Crippen LogP contribution < -0.4 is 4.72 Å². The van der Waals surface area contributed by atoms with Crippen molar-refractivity contribution in [1.82, 2.24) is 4.72 Å². The molecule has 0 bridgehead atoms. The lowest BCUT2D eigenvalue weighted by atomic mass is 10.4. The van der Waals surface area contributed by atoms with E-state index in [1.54, 1.807) is 0 Å². The summed E-state index contributed by atoms with van der Waals surface area (Å²) in [5.41, 5.74) is 0. The number of carbonyl (C=O) groups is 1. The Morgan fingerprint density at radius 3 is 2.21 bits per heavy atom. The molecule has 0 amide bonds. The summed E-state index contributed by atoms with van der Waals surface area (Å²) in [5.74, 6) is -1.33. The van der Waals surface area contributed by atoms with Gasteiger partial charge in [-0.25, -0.2) is 16.8 Å². The number of aliphatic carboxylic acids is 1. The van der Waals surface area contributed by atoms with Gasteiger partial charge in [-0.1, -0.05) is 6.07 Å². The van der Waals surface area contributed by atoms with Gasteiger partial charge in [0.15, 0.2) is 9.84 Å². The maximum Gasteiger partial charge on any atom is 0.321 e. The van der Waals surface area contributed by atoms with Crippen LogP contribution in [0.25, 0.3) is 0 Å². The molecule has 7 nitrogen and oxygen atoms in total. The Bertz CT molecular complexity index is 692. The molecule has 0 radical (unpaired) electrons. The Kier molecular flexibility index (Phi) is 4.33. The summed E-state index contributed by atoms with van der Waals surface area (Å²) >= 11 is 0. The molecule has 0 aliphatic rings. The van der Waals surface area contributed by atoms with Gasteiger partial charge < -0.3 is 5.11 Å². The fourth-order valence-corrected chi connectivity index (χ4v) is 3.21. The molecule has 0 fully saturated rings. The summed E-state index contributed by atoms with van der Waals surface area (Å²) in [5, 5.41) is 8.65. The van der Waals surface area contributed by atoms with Crippen LogP contribution in [0.15, 0.2) is 34.1 Å². The monoisotopic (exact) mass is 307 g/mol. The molecular formula is C10H13NO6S2. The largest absolute Gasteiger partial charge is 0.480 e. The molecular weight excluding hydrogens is 294 g/mol. The van der Waals surface area contributed by atoms with Crippen LogP contribution in [0.5, 0.6) is 0 Å². The van der Waals surface area contributed by atoms with Gasteiger partial charge in [-0.15, -0.1) is 0 Å². The van der Waals surface area contributed by atoms with Crippen molar-refractivity contribution in [1.29, 1.82) is 0 Å². The number of benzene rings is 1. The molecule has 9 heteroatoms. The van der Waals surface area contributed by atoms with Crippen molar-refractivity contribution < 1.29 is 26.7 Å². The van der Waals surface area contributed by atoms with Gasteiger partial charge in [-0.3, -0.25) is 4.79 Å². The first-order valence-corrected chi connectivity index (χ1v) is 8.47. The number of carboxylic acid groups (broad SMARTS) is 1. The number of carboxylic acids is 1. The number of rotatable bonds is 5. The fourth-order valence-electron chi connectivity index (χ4n) is 1.22. The number of hydrogen-bond donors (Lipinski definition) is 2. The first-order chi connectivity index (χ1) is 8.54. The van der Waals surface area contributed by atoms with E-state index in [-0.39, 0.29) is 9.79 Å². The minimum absolute atomic E-state index is 0.154. The normalized spacial score (nSPS) is 14.0. The van der Waals surface area contributed by atoms with Crippen molar-refractivity contribution >= 4 is 25.8 Å². The zero-order valence-electron chi connectivity index (χ0n) is 10.2. The van der Waals surface area contributed by atoms with Crippen LogP contribution in [0.4, 0.5) is 0 Å². The highest BCUT2D eigenvalue weighted by molar-refractivity contribution is 7.91. The van der Waals surface area contributed by atoms with E-state index in [9.17, 15) is 21.6 Å². The molecule has 2 N–H and O–H groups in total. The smallest absolute Gasteiger partial charge is 0.321 e. The molecule has 0 aliphatic carbocycles. The summed E-state index contributed by atoms with van der Waals surface area (Å²) in [6.45, 7) is 1.17. The van der Waals surface area contributed by atoms with Crippen LogP contribution in [-0.2, 0) is 24.7 Å². The maximum atomic E-state index is 11.9.